The molecule has 0 saturated heterocycles. The second-order valence-corrected chi connectivity index (χ2v) is 4.34. The molecule has 0 radical (unpaired) electrons. The van der Waals surface area contributed by atoms with Crippen molar-refractivity contribution in [2.75, 3.05) is 7.11 Å². The van der Waals surface area contributed by atoms with Crippen molar-refractivity contribution >= 4 is 0 Å². The van der Waals surface area contributed by atoms with Crippen molar-refractivity contribution in [3.63, 3.8) is 0 Å². The Hall–Kier alpha value is -1.78. The Morgan fingerprint density at radius 2 is 1.89 bits per heavy atom. The predicted octanol–water partition coefficient (Wildman–Crippen LogP) is 2.77. The number of methoxy groups -OCH3 is 1. The van der Waals surface area contributed by atoms with Crippen LogP contribution in [0, 0.1) is 6.92 Å². The fourth-order valence-electron chi connectivity index (χ4n) is 1.85. The summed E-state index contributed by atoms with van der Waals surface area (Å²) in [5, 5.41) is 0. The SMILES string of the molecule is COc1ccc(COCc2cc(CN)c(C)o2)cc1. The van der Waals surface area contributed by atoms with Crippen LogP contribution in [0.1, 0.15) is 22.6 Å². The zero-order valence-electron chi connectivity index (χ0n) is 11.3. The van der Waals surface area contributed by atoms with Gasteiger partial charge in [-0.2, -0.15) is 0 Å². The van der Waals surface area contributed by atoms with E-state index in [1.807, 2.05) is 37.3 Å². The Morgan fingerprint density at radius 1 is 1.16 bits per heavy atom. The Bertz CT molecular complexity index is 517. The van der Waals surface area contributed by atoms with Crippen LogP contribution in [0.25, 0.3) is 0 Å². The maximum absolute atomic E-state index is 5.62. The molecule has 2 rings (SSSR count). The first kappa shape index (κ1) is 13.6. The first-order valence-electron chi connectivity index (χ1n) is 6.22. The summed E-state index contributed by atoms with van der Waals surface area (Å²) in [5.41, 5.74) is 7.73. The van der Waals surface area contributed by atoms with E-state index in [4.69, 9.17) is 19.6 Å². The minimum Gasteiger partial charge on any atom is -0.497 e. The first-order chi connectivity index (χ1) is 9.22. The molecule has 19 heavy (non-hydrogen) atoms. The average Bonchev–Trinajstić information content (AvgIpc) is 2.80. The summed E-state index contributed by atoms with van der Waals surface area (Å²) in [4.78, 5) is 0. The number of furan rings is 1. The third-order valence-electron chi connectivity index (χ3n) is 2.96. The van der Waals surface area contributed by atoms with Gasteiger partial charge < -0.3 is 19.6 Å². The van der Waals surface area contributed by atoms with Gasteiger partial charge in [0.05, 0.1) is 13.7 Å². The van der Waals surface area contributed by atoms with E-state index in [9.17, 15) is 0 Å². The molecule has 0 aliphatic heterocycles. The Kier molecular flexibility index (Phi) is 4.60. The Morgan fingerprint density at radius 3 is 2.47 bits per heavy atom. The summed E-state index contributed by atoms with van der Waals surface area (Å²) in [7, 11) is 1.65. The average molecular weight is 261 g/mol. The highest BCUT2D eigenvalue weighted by molar-refractivity contribution is 5.26. The van der Waals surface area contributed by atoms with Crippen molar-refractivity contribution in [3.05, 3.63) is 53.0 Å². The lowest BCUT2D eigenvalue weighted by atomic mass is 10.2. The molecule has 1 aromatic heterocycles. The molecule has 1 heterocycles. The van der Waals surface area contributed by atoms with Crippen molar-refractivity contribution in [3.8, 4) is 5.75 Å². The Labute approximate surface area is 113 Å². The van der Waals surface area contributed by atoms with E-state index in [1.54, 1.807) is 7.11 Å². The molecule has 0 atom stereocenters. The minimum atomic E-state index is 0.451. The lowest BCUT2D eigenvalue weighted by Gasteiger charge is -2.04. The van der Waals surface area contributed by atoms with E-state index in [0.29, 0.717) is 19.8 Å². The quantitative estimate of drug-likeness (QED) is 0.868. The van der Waals surface area contributed by atoms with Gasteiger partial charge in [0.1, 0.15) is 23.9 Å². The van der Waals surface area contributed by atoms with E-state index < -0.39 is 0 Å². The zero-order chi connectivity index (χ0) is 13.7. The first-order valence-corrected chi connectivity index (χ1v) is 6.22. The molecule has 0 saturated carbocycles. The summed E-state index contributed by atoms with van der Waals surface area (Å²) >= 11 is 0. The zero-order valence-corrected chi connectivity index (χ0v) is 11.3. The molecule has 0 unspecified atom stereocenters. The largest absolute Gasteiger partial charge is 0.497 e. The second kappa shape index (κ2) is 6.41. The molecule has 4 nitrogen and oxygen atoms in total. The molecule has 0 fully saturated rings. The molecular formula is C15H19NO3. The van der Waals surface area contributed by atoms with Gasteiger partial charge in [-0.3, -0.25) is 0 Å². The maximum atomic E-state index is 5.62. The van der Waals surface area contributed by atoms with Gasteiger partial charge in [0.2, 0.25) is 0 Å². The summed E-state index contributed by atoms with van der Waals surface area (Å²) in [5.74, 6) is 2.52. The van der Waals surface area contributed by atoms with E-state index in [1.165, 1.54) is 0 Å². The van der Waals surface area contributed by atoms with E-state index in [-0.39, 0.29) is 0 Å². The fourth-order valence-corrected chi connectivity index (χ4v) is 1.85. The summed E-state index contributed by atoms with van der Waals surface area (Å²) < 4.78 is 16.3. The van der Waals surface area contributed by atoms with Gasteiger partial charge in [0.25, 0.3) is 0 Å². The van der Waals surface area contributed by atoms with E-state index in [2.05, 4.69) is 0 Å². The molecule has 0 bridgehead atoms. The van der Waals surface area contributed by atoms with Crippen LogP contribution in [-0.2, 0) is 24.5 Å². The van der Waals surface area contributed by atoms with Crippen molar-refractivity contribution < 1.29 is 13.9 Å². The molecule has 2 aromatic rings. The molecule has 102 valence electrons. The van der Waals surface area contributed by atoms with Gasteiger partial charge >= 0.3 is 0 Å². The number of aryl methyl sites for hydroxylation is 1. The summed E-state index contributed by atoms with van der Waals surface area (Å²) in [6.07, 6.45) is 0. The molecule has 0 amide bonds. The van der Waals surface area contributed by atoms with Crippen LogP contribution >= 0.6 is 0 Å². The molecule has 0 spiro atoms. The van der Waals surface area contributed by atoms with Crippen molar-refractivity contribution in [2.45, 2.75) is 26.7 Å². The van der Waals surface area contributed by atoms with Gasteiger partial charge in [-0.15, -0.1) is 0 Å². The van der Waals surface area contributed by atoms with Gasteiger partial charge in [0, 0.05) is 12.1 Å². The topological polar surface area (TPSA) is 57.6 Å². The number of nitrogens with two attached hydrogens (primary N) is 1. The number of rotatable bonds is 6. The highest BCUT2D eigenvalue weighted by atomic mass is 16.5. The number of ether oxygens (including phenoxy) is 2. The molecule has 2 N–H and O–H groups in total. The summed E-state index contributed by atoms with van der Waals surface area (Å²) in [6.45, 7) is 3.40. The van der Waals surface area contributed by atoms with Crippen LogP contribution in [0.2, 0.25) is 0 Å². The third kappa shape index (κ3) is 3.59. The Balaban J connectivity index is 1.85. The number of benzene rings is 1. The second-order valence-electron chi connectivity index (χ2n) is 4.34. The molecule has 4 heteroatoms. The third-order valence-corrected chi connectivity index (χ3v) is 2.96. The highest BCUT2D eigenvalue weighted by Crippen LogP contribution is 2.16. The minimum absolute atomic E-state index is 0.451. The lowest BCUT2D eigenvalue weighted by Crippen LogP contribution is -1.95. The highest BCUT2D eigenvalue weighted by Gasteiger charge is 2.05. The summed E-state index contributed by atoms with van der Waals surface area (Å²) in [6, 6.07) is 9.75. The van der Waals surface area contributed by atoms with Crippen LogP contribution in [0.4, 0.5) is 0 Å². The number of hydrogen-bond acceptors (Lipinski definition) is 4. The molecule has 0 aliphatic carbocycles. The standard InChI is InChI=1S/C15H19NO3/c1-11-13(8-16)7-15(19-11)10-18-9-12-3-5-14(17-2)6-4-12/h3-7H,8-10,16H2,1-2H3. The van der Waals surface area contributed by atoms with Crippen LogP contribution in [0.15, 0.2) is 34.7 Å². The molecular weight excluding hydrogens is 242 g/mol. The lowest BCUT2D eigenvalue weighted by molar-refractivity contribution is 0.0923. The van der Waals surface area contributed by atoms with Crippen LogP contribution in [-0.4, -0.2) is 7.11 Å². The van der Waals surface area contributed by atoms with E-state index >= 15 is 0 Å². The van der Waals surface area contributed by atoms with Gasteiger partial charge in [-0.05, 0) is 30.7 Å². The van der Waals surface area contributed by atoms with Crippen molar-refractivity contribution in [2.24, 2.45) is 5.73 Å². The predicted molar refractivity (Wildman–Crippen MR) is 72.8 cm³/mol. The van der Waals surface area contributed by atoms with Crippen LogP contribution < -0.4 is 10.5 Å². The fraction of sp³-hybridized carbons (Fsp3) is 0.333. The van der Waals surface area contributed by atoms with Gasteiger partial charge in [-0.1, -0.05) is 12.1 Å². The van der Waals surface area contributed by atoms with Gasteiger partial charge in [0.15, 0.2) is 0 Å². The van der Waals surface area contributed by atoms with E-state index in [0.717, 1.165) is 28.4 Å². The van der Waals surface area contributed by atoms with Gasteiger partial charge in [-0.25, -0.2) is 0 Å². The van der Waals surface area contributed by atoms with Crippen molar-refractivity contribution in [1.29, 1.82) is 0 Å². The monoisotopic (exact) mass is 261 g/mol. The van der Waals surface area contributed by atoms with Crippen LogP contribution in [0.5, 0.6) is 5.75 Å². The molecule has 0 aliphatic rings. The van der Waals surface area contributed by atoms with Crippen molar-refractivity contribution in [1.82, 2.24) is 0 Å². The smallest absolute Gasteiger partial charge is 0.130 e. The maximum Gasteiger partial charge on any atom is 0.130 e. The number of hydrogen-bond donors (Lipinski definition) is 1. The van der Waals surface area contributed by atoms with Crippen LogP contribution in [0.3, 0.4) is 0 Å². The molecule has 1 aromatic carbocycles. The normalized spacial score (nSPS) is 10.7.